The molecule has 1 saturated heterocycles. The zero-order valence-corrected chi connectivity index (χ0v) is 26.5. The van der Waals surface area contributed by atoms with E-state index in [0.29, 0.717) is 42.7 Å². The summed E-state index contributed by atoms with van der Waals surface area (Å²) in [6.07, 6.45) is 10.3. The van der Waals surface area contributed by atoms with Crippen LogP contribution in [0.1, 0.15) is 74.8 Å². The number of hydrogen-bond acceptors (Lipinski definition) is 8. The van der Waals surface area contributed by atoms with E-state index in [4.69, 9.17) is 23.6 Å². The molecule has 0 aliphatic carbocycles. The molecule has 2 aliphatic heterocycles. The predicted molar refractivity (Wildman–Crippen MR) is 176 cm³/mol. The van der Waals surface area contributed by atoms with Crippen LogP contribution in [0, 0.1) is 0 Å². The minimum Gasteiger partial charge on any atom is -0.494 e. The number of ether oxygens (including phenoxy) is 3. The molecule has 1 unspecified atom stereocenters. The van der Waals surface area contributed by atoms with Crippen LogP contribution in [0.25, 0.3) is 0 Å². The van der Waals surface area contributed by atoms with Gasteiger partial charge in [-0.05, 0) is 80.6 Å². The Kier molecular flexibility index (Phi) is 12.7. The average molecular weight is 614 g/mol. The maximum atomic E-state index is 13.8. The number of benzene rings is 2. The zero-order chi connectivity index (χ0) is 31.1. The molecular weight excluding hydrogens is 566 g/mol. The summed E-state index contributed by atoms with van der Waals surface area (Å²) in [6.45, 7) is 7.07. The van der Waals surface area contributed by atoms with Gasteiger partial charge in [-0.25, -0.2) is 4.79 Å². The number of carbonyl (C=O) groups excluding carboxylic acids is 1. The summed E-state index contributed by atoms with van der Waals surface area (Å²) in [4.78, 5) is 21.3. The number of likely N-dealkylation sites (tertiary alicyclic amines) is 1. The molecular formula is C37H47N3O5. The van der Waals surface area contributed by atoms with Crippen LogP contribution in [0.4, 0.5) is 0 Å². The van der Waals surface area contributed by atoms with Crippen LogP contribution < -0.4 is 10.1 Å². The maximum absolute atomic E-state index is 13.8. The van der Waals surface area contributed by atoms with Crippen molar-refractivity contribution in [2.45, 2.75) is 64.3 Å². The normalized spacial score (nSPS) is 17.1. The number of nitrogens with one attached hydrogen (secondary N) is 1. The number of carbonyl (C=O) groups is 1. The van der Waals surface area contributed by atoms with Gasteiger partial charge in [0.2, 0.25) is 0 Å². The standard InChI is InChI=1S/C37H47N3O5/c1-2-3-10-24-43-31-19-17-30(18-20-31)35-34(37(41)45-26-11-15-29-13-6-4-7-14-29)32(38-36(39-35)33-16-12-25-44-33)28-42-27-23-40-21-8-5-9-22-40/h4,6-7,12-14,16-20,25,35H,2-3,5,8-11,15,21-24,26-28H2,1H3,(H,38,39). The Morgan fingerprint density at radius 2 is 1.76 bits per heavy atom. The summed E-state index contributed by atoms with van der Waals surface area (Å²) in [7, 11) is 0. The molecule has 240 valence electrons. The van der Waals surface area contributed by atoms with Crippen LogP contribution in [0.5, 0.6) is 5.75 Å². The first-order valence-corrected chi connectivity index (χ1v) is 16.6. The second kappa shape index (κ2) is 17.6. The summed E-state index contributed by atoms with van der Waals surface area (Å²) in [5, 5.41) is 3.36. The van der Waals surface area contributed by atoms with Crippen LogP contribution in [0.15, 0.2) is 93.7 Å². The lowest BCUT2D eigenvalue weighted by molar-refractivity contribution is -0.139. The second-order valence-electron chi connectivity index (χ2n) is 11.7. The average Bonchev–Trinajstić information content (AvgIpc) is 3.63. The highest BCUT2D eigenvalue weighted by Crippen LogP contribution is 2.34. The van der Waals surface area contributed by atoms with E-state index in [1.165, 1.54) is 24.8 Å². The fourth-order valence-corrected chi connectivity index (χ4v) is 5.73. The maximum Gasteiger partial charge on any atom is 0.338 e. The van der Waals surface area contributed by atoms with Gasteiger partial charge < -0.3 is 28.8 Å². The first-order valence-electron chi connectivity index (χ1n) is 16.6. The van der Waals surface area contributed by atoms with E-state index in [9.17, 15) is 4.79 Å². The summed E-state index contributed by atoms with van der Waals surface area (Å²) in [6, 6.07) is 21.2. The minimum absolute atomic E-state index is 0.233. The zero-order valence-electron chi connectivity index (χ0n) is 26.5. The van der Waals surface area contributed by atoms with E-state index >= 15 is 0 Å². The third kappa shape index (κ3) is 9.80. The third-order valence-corrected chi connectivity index (χ3v) is 8.25. The molecule has 0 radical (unpaired) electrons. The fraction of sp³-hybridized carbons (Fsp3) is 0.459. The van der Waals surface area contributed by atoms with Crippen molar-refractivity contribution >= 4 is 11.8 Å². The number of aryl methyl sites for hydroxylation is 1. The van der Waals surface area contributed by atoms with Gasteiger partial charge in [0.05, 0.1) is 44.0 Å². The summed E-state index contributed by atoms with van der Waals surface area (Å²) in [5.74, 6) is 1.56. The summed E-state index contributed by atoms with van der Waals surface area (Å²) < 4.78 is 23.8. The lowest BCUT2D eigenvalue weighted by atomic mass is 9.95. The molecule has 0 bridgehead atoms. The van der Waals surface area contributed by atoms with E-state index < -0.39 is 12.0 Å². The molecule has 0 spiro atoms. The van der Waals surface area contributed by atoms with Crippen molar-refractivity contribution in [3.63, 3.8) is 0 Å². The van der Waals surface area contributed by atoms with Gasteiger partial charge in [0, 0.05) is 6.54 Å². The van der Waals surface area contributed by atoms with Crippen molar-refractivity contribution in [1.29, 1.82) is 0 Å². The molecule has 8 nitrogen and oxygen atoms in total. The molecule has 1 aromatic heterocycles. The second-order valence-corrected chi connectivity index (χ2v) is 11.7. The number of unbranched alkanes of at least 4 members (excludes halogenated alkanes) is 2. The van der Waals surface area contributed by atoms with Crippen LogP contribution in [0.3, 0.4) is 0 Å². The number of aliphatic imine (C=N–C) groups is 1. The first kappa shape index (κ1) is 32.5. The molecule has 1 N–H and O–H groups in total. The van der Waals surface area contributed by atoms with E-state index in [0.717, 1.165) is 63.1 Å². The fourth-order valence-electron chi connectivity index (χ4n) is 5.73. The summed E-state index contributed by atoms with van der Waals surface area (Å²) in [5.41, 5.74) is 3.19. The number of furan rings is 1. The molecule has 8 heteroatoms. The molecule has 2 aliphatic rings. The Morgan fingerprint density at radius 1 is 0.933 bits per heavy atom. The van der Waals surface area contributed by atoms with Crippen molar-refractivity contribution in [2.75, 3.05) is 46.1 Å². The molecule has 45 heavy (non-hydrogen) atoms. The number of hydrogen-bond donors (Lipinski definition) is 1. The van der Waals surface area contributed by atoms with E-state index in [1.807, 2.05) is 54.6 Å². The SMILES string of the molecule is CCCCCOc1ccc(C2N=C(c3ccco3)NC(COCCN3CCCCC3)=C2C(=O)OCCCc2ccccc2)cc1. The lowest BCUT2D eigenvalue weighted by Gasteiger charge is -2.28. The highest BCUT2D eigenvalue weighted by Gasteiger charge is 2.33. The van der Waals surface area contributed by atoms with Gasteiger partial charge in [0.15, 0.2) is 11.6 Å². The lowest BCUT2D eigenvalue weighted by Crippen LogP contribution is -2.36. The van der Waals surface area contributed by atoms with Gasteiger partial charge in [0.1, 0.15) is 11.8 Å². The van der Waals surface area contributed by atoms with Crippen molar-refractivity contribution in [3.8, 4) is 5.75 Å². The Labute approximate surface area is 267 Å². The Hall–Kier alpha value is -3.88. The third-order valence-electron chi connectivity index (χ3n) is 8.25. The number of amidine groups is 1. The molecule has 0 saturated carbocycles. The van der Waals surface area contributed by atoms with Crippen molar-refractivity contribution < 1.29 is 23.4 Å². The Morgan fingerprint density at radius 3 is 2.51 bits per heavy atom. The summed E-state index contributed by atoms with van der Waals surface area (Å²) >= 11 is 0. The van der Waals surface area contributed by atoms with Gasteiger partial charge in [-0.3, -0.25) is 4.99 Å². The number of piperidine rings is 1. The van der Waals surface area contributed by atoms with Gasteiger partial charge in [-0.2, -0.15) is 0 Å². The van der Waals surface area contributed by atoms with Crippen molar-refractivity contribution in [1.82, 2.24) is 10.2 Å². The van der Waals surface area contributed by atoms with Crippen LogP contribution in [0.2, 0.25) is 0 Å². The Balaban J connectivity index is 1.35. The van der Waals surface area contributed by atoms with Gasteiger partial charge in [-0.1, -0.05) is 68.7 Å². The highest BCUT2D eigenvalue weighted by molar-refractivity contribution is 6.02. The molecule has 2 aromatic carbocycles. The molecule has 1 fully saturated rings. The first-order chi connectivity index (χ1) is 22.2. The molecule has 3 heterocycles. The molecule has 1 atom stereocenters. The van der Waals surface area contributed by atoms with Crippen molar-refractivity contribution in [2.24, 2.45) is 4.99 Å². The van der Waals surface area contributed by atoms with Gasteiger partial charge in [-0.15, -0.1) is 0 Å². The van der Waals surface area contributed by atoms with E-state index in [-0.39, 0.29) is 6.61 Å². The van der Waals surface area contributed by atoms with E-state index in [2.05, 4.69) is 29.3 Å². The van der Waals surface area contributed by atoms with Crippen LogP contribution in [-0.4, -0.2) is 62.8 Å². The highest BCUT2D eigenvalue weighted by atomic mass is 16.5. The largest absolute Gasteiger partial charge is 0.494 e. The number of rotatable bonds is 17. The van der Waals surface area contributed by atoms with Gasteiger partial charge in [0.25, 0.3) is 0 Å². The number of esters is 1. The predicted octanol–water partition coefficient (Wildman–Crippen LogP) is 6.87. The monoisotopic (exact) mass is 613 g/mol. The Bertz CT molecular complexity index is 1360. The topological polar surface area (TPSA) is 85.5 Å². The molecule has 3 aromatic rings. The smallest absolute Gasteiger partial charge is 0.338 e. The molecule has 0 amide bonds. The van der Waals surface area contributed by atoms with Crippen LogP contribution in [-0.2, 0) is 20.7 Å². The molecule has 5 rings (SSSR count). The van der Waals surface area contributed by atoms with E-state index in [1.54, 1.807) is 6.26 Å². The quantitative estimate of drug-likeness (QED) is 0.131. The van der Waals surface area contributed by atoms with Crippen LogP contribution >= 0.6 is 0 Å². The van der Waals surface area contributed by atoms with Gasteiger partial charge >= 0.3 is 5.97 Å². The van der Waals surface area contributed by atoms with Crippen molar-refractivity contribution in [3.05, 3.63) is 101 Å². The number of nitrogens with zero attached hydrogens (tertiary/aromatic N) is 2. The minimum atomic E-state index is -0.595.